The average Bonchev–Trinajstić information content (AvgIpc) is 3.72. The standard InChI is InChI=1S/C49H30ClNOS/c50-32-23-26-43-46(27-32)52-45-21-11-10-20-42(45)49(43)41-19-9-7-17-36(41)37-25-24-34(30-44(37)49)51(33-15-5-2-6-16-33)35-28-39(31-13-3-1-4-14-31)48-40(29-35)38-18-8-12-22-47(38)53-48/h1-30H. The largest absolute Gasteiger partial charge is 0.457 e. The second-order valence-electron chi connectivity index (χ2n) is 13.8. The summed E-state index contributed by atoms with van der Waals surface area (Å²) in [5, 5.41) is 3.19. The molecule has 0 amide bonds. The van der Waals surface area contributed by atoms with Crippen molar-refractivity contribution in [3.05, 3.63) is 209 Å². The van der Waals surface area contributed by atoms with Crippen LogP contribution in [0.1, 0.15) is 22.3 Å². The van der Waals surface area contributed by atoms with Gasteiger partial charge in [0.05, 0.1) is 5.41 Å². The van der Waals surface area contributed by atoms with Gasteiger partial charge in [-0.15, -0.1) is 11.3 Å². The van der Waals surface area contributed by atoms with Crippen LogP contribution in [-0.4, -0.2) is 0 Å². The van der Waals surface area contributed by atoms with Crippen LogP contribution in [0.2, 0.25) is 5.02 Å². The zero-order chi connectivity index (χ0) is 35.1. The van der Waals surface area contributed by atoms with Crippen LogP contribution in [0.3, 0.4) is 0 Å². The molecule has 1 aromatic heterocycles. The van der Waals surface area contributed by atoms with Crippen LogP contribution >= 0.6 is 22.9 Å². The molecule has 4 heteroatoms. The van der Waals surface area contributed by atoms with E-state index in [1.807, 2.05) is 29.5 Å². The zero-order valence-corrected chi connectivity index (χ0v) is 30.0. The Morgan fingerprint density at radius 3 is 2.02 bits per heavy atom. The van der Waals surface area contributed by atoms with Crippen LogP contribution in [0, 0.1) is 0 Å². The fourth-order valence-electron chi connectivity index (χ4n) is 8.80. The molecule has 9 aromatic rings. The highest BCUT2D eigenvalue weighted by Crippen LogP contribution is 2.63. The van der Waals surface area contributed by atoms with Gasteiger partial charge in [-0.25, -0.2) is 0 Å². The second kappa shape index (κ2) is 11.7. The number of para-hydroxylation sites is 2. The Balaban J connectivity index is 1.22. The molecule has 0 fully saturated rings. The number of anilines is 3. The van der Waals surface area contributed by atoms with Crippen molar-refractivity contribution >= 4 is 60.2 Å². The summed E-state index contributed by atoms with van der Waals surface area (Å²) < 4.78 is 9.21. The van der Waals surface area contributed by atoms with Crippen molar-refractivity contribution in [2.75, 3.05) is 4.90 Å². The Morgan fingerprint density at radius 1 is 0.453 bits per heavy atom. The van der Waals surface area contributed by atoms with Crippen LogP contribution in [0.5, 0.6) is 11.5 Å². The van der Waals surface area contributed by atoms with Gasteiger partial charge in [-0.05, 0) is 88.5 Å². The summed E-state index contributed by atoms with van der Waals surface area (Å²) in [6.45, 7) is 0. The van der Waals surface area contributed by atoms with E-state index in [9.17, 15) is 0 Å². The Hall–Kier alpha value is -6.13. The van der Waals surface area contributed by atoms with Gasteiger partial charge in [0, 0.05) is 58.9 Å². The first-order valence-corrected chi connectivity index (χ1v) is 19.1. The van der Waals surface area contributed by atoms with E-state index in [0.29, 0.717) is 5.02 Å². The van der Waals surface area contributed by atoms with E-state index < -0.39 is 5.41 Å². The number of thiophene rings is 1. The van der Waals surface area contributed by atoms with Crippen molar-refractivity contribution in [1.82, 2.24) is 0 Å². The lowest BCUT2D eigenvalue weighted by Gasteiger charge is -2.39. The number of hydrogen-bond acceptors (Lipinski definition) is 3. The molecule has 0 N–H and O–H groups in total. The molecule has 2 aliphatic rings. The van der Waals surface area contributed by atoms with E-state index >= 15 is 0 Å². The van der Waals surface area contributed by atoms with E-state index in [1.54, 1.807) is 0 Å². The average molecular weight is 716 g/mol. The number of ether oxygens (including phenoxy) is 1. The lowest BCUT2D eigenvalue weighted by molar-refractivity contribution is 0.436. The lowest BCUT2D eigenvalue weighted by Crippen LogP contribution is -2.32. The number of halogens is 1. The third-order valence-corrected chi connectivity index (χ3v) is 12.4. The molecule has 1 spiro atoms. The van der Waals surface area contributed by atoms with Crippen LogP contribution in [0.25, 0.3) is 42.4 Å². The fraction of sp³-hybridized carbons (Fsp3) is 0.0204. The molecule has 1 unspecified atom stereocenters. The minimum absolute atomic E-state index is 0.609. The van der Waals surface area contributed by atoms with Crippen molar-refractivity contribution < 1.29 is 4.74 Å². The second-order valence-corrected chi connectivity index (χ2v) is 15.3. The van der Waals surface area contributed by atoms with Gasteiger partial charge in [0.15, 0.2) is 0 Å². The Kier molecular flexibility index (Phi) is 6.73. The fourth-order valence-corrected chi connectivity index (χ4v) is 10.2. The van der Waals surface area contributed by atoms with Gasteiger partial charge in [0.2, 0.25) is 0 Å². The Morgan fingerprint density at radius 2 is 1.15 bits per heavy atom. The van der Waals surface area contributed by atoms with Gasteiger partial charge >= 0.3 is 0 Å². The molecule has 0 bridgehead atoms. The minimum atomic E-state index is -0.609. The SMILES string of the molecule is Clc1ccc2c(c1)Oc1ccccc1C21c2ccccc2-c2ccc(N(c3ccccc3)c3cc(-c4ccccc4)c4sc5ccccc5c4c3)cc21. The molecule has 1 aliphatic heterocycles. The summed E-state index contributed by atoms with van der Waals surface area (Å²) in [5.41, 5.74) is 12.2. The van der Waals surface area contributed by atoms with Gasteiger partial charge < -0.3 is 9.64 Å². The molecular formula is C49H30ClNOS. The van der Waals surface area contributed by atoms with Gasteiger partial charge in [-0.1, -0.05) is 133 Å². The predicted octanol–water partition coefficient (Wildman–Crippen LogP) is 14.3. The zero-order valence-electron chi connectivity index (χ0n) is 28.5. The molecule has 0 saturated heterocycles. The minimum Gasteiger partial charge on any atom is -0.457 e. The van der Waals surface area contributed by atoms with Crippen molar-refractivity contribution in [3.8, 4) is 33.8 Å². The summed E-state index contributed by atoms with van der Waals surface area (Å²) in [6.07, 6.45) is 0. The first-order chi connectivity index (χ1) is 26.2. The monoisotopic (exact) mass is 715 g/mol. The first kappa shape index (κ1) is 30.5. The number of nitrogens with zero attached hydrogens (tertiary/aromatic N) is 1. The van der Waals surface area contributed by atoms with Crippen LogP contribution < -0.4 is 9.64 Å². The summed E-state index contributed by atoms with van der Waals surface area (Å²) in [4.78, 5) is 2.42. The molecule has 1 aliphatic carbocycles. The molecule has 1 atom stereocenters. The van der Waals surface area contributed by atoms with E-state index in [0.717, 1.165) is 39.7 Å². The van der Waals surface area contributed by atoms with Gasteiger partial charge in [0.25, 0.3) is 0 Å². The summed E-state index contributed by atoms with van der Waals surface area (Å²) in [5.74, 6) is 1.63. The van der Waals surface area contributed by atoms with Crippen LogP contribution in [0.4, 0.5) is 17.1 Å². The van der Waals surface area contributed by atoms with E-state index in [-0.39, 0.29) is 0 Å². The molecule has 0 radical (unpaired) electrons. The molecule has 2 heterocycles. The van der Waals surface area contributed by atoms with Crippen molar-refractivity contribution in [3.63, 3.8) is 0 Å². The highest BCUT2D eigenvalue weighted by molar-refractivity contribution is 7.26. The van der Waals surface area contributed by atoms with Gasteiger partial charge in [-0.2, -0.15) is 0 Å². The maximum atomic E-state index is 6.64. The van der Waals surface area contributed by atoms with Crippen molar-refractivity contribution in [2.24, 2.45) is 0 Å². The predicted molar refractivity (Wildman–Crippen MR) is 222 cm³/mol. The third-order valence-electron chi connectivity index (χ3n) is 11.0. The Bertz CT molecular complexity index is 2900. The maximum Gasteiger partial charge on any atom is 0.133 e. The number of rotatable bonds is 4. The molecule has 0 saturated carbocycles. The first-order valence-electron chi connectivity index (χ1n) is 17.9. The molecule has 11 rings (SSSR count). The van der Waals surface area contributed by atoms with E-state index in [1.165, 1.54) is 53.6 Å². The highest BCUT2D eigenvalue weighted by atomic mass is 35.5. The summed E-state index contributed by atoms with van der Waals surface area (Å²) in [7, 11) is 0. The van der Waals surface area contributed by atoms with E-state index in [2.05, 4.69) is 169 Å². The maximum absolute atomic E-state index is 6.64. The topological polar surface area (TPSA) is 12.5 Å². The van der Waals surface area contributed by atoms with Gasteiger partial charge in [0.1, 0.15) is 11.5 Å². The van der Waals surface area contributed by atoms with Crippen molar-refractivity contribution in [2.45, 2.75) is 5.41 Å². The molecule has 8 aromatic carbocycles. The number of hydrogen-bond donors (Lipinski definition) is 0. The van der Waals surface area contributed by atoms with Crippen LogP contribution in [0.15, 0.2) is 182 Å². The molecule has 250 valence electrons. The molecular weight excluding hydrogens is 686 g/mol. The van der Waals surface area contributed by atoms with Crippen molar-refractivity contribution in [1.29, 1.82) is 0 Å². The van der Waals surface area contributed by atoms with Crippen LogP contribution in [-0.2, 0) is 5.41 Å². The molecule has 53 heavy (non-hydrogen) atoms. The lowest BCUT2D eigenvalue weighted by atomic mass is 9.66. The van der Waals surface area contributed by atoms with E-state index in [4.69, 9.17) is 16.3 Å². The smallest absolute Gasteiger partial charge is 0.133 e. The Labute approximate surface area is 316 Å². The molecule has 2 nitrogen and oxygen atoms in total. The number of fused-ring (bicyclic) bond motifs is 12. The normalized spacial score (nSPS) is 15.1. The summed E-state index contributed by atoms with van der Waals surface area (Å²) in [6, 6.07) is 65.5. The quantitative estimate of drug-likeness (QED) is 0.180. The number of benzene rings is 8. The van der Waals surface area contributed by atoms with Gasteiger partial charge in [-0.3, -0.25) is 0 Å². The highest BCUT2D eigenvalue weighted by Gasteiger charge is 2.51. The summed E-state index contributed by atoms with van der Waals surface area (Å²) >= 11 is 8.51. The third kappa shape index (κ3) is 4.45.